The van der Waals surface area contributed by atoms with Crippen LogP contribution in [0.25, 0.3) is 0 Å². The molecule has 0 bridgehead atoms. The monoisotopic (exact) mass is 310 g/mol. The lowest BCUT2D eigenvalue weighted by Gasteiger charge is -2.34. The quantitative estimate of drug-likeness (QED) is 0.793. The largest absolute Gasteiger partial charge is 0.310 e. The van der Waals surface area contributed by atoms with Crippen molar-refractivity contribution in [1.82, 2.24) is 20.1 Å². The van der Waals surface area contributed by atoms with E-state index in [0.29, 0.717) is 0 Å². The Morgan fingerprint density at radius 2 is 1.61 bits per heavy atom. The van der Waals surface area contributed by atoms with Crippen molar-refractivity contribution in [2.75, 3.05) is 39.3 Å². The molecule has 0 aliphatic carbocycles. The maximum atomic E-state index is 4.33. The van der Waals surface area contributed by atoms with E-state index in [4.69, 9.17) is 0 Å². The standard InChI is InChI=1S/C19H26N4/c1-2-6-18(7-3-1)17-23-14-12-22(13-15-23)11-10-20-16-19-8-4-5-9-21-19/h1-9,20H,10-17H2. The van der Waals surface area contributed by atoms with Crippen molar-refractivity contribution in [3.8, 4) is 0 Å². The van der Waals surface area contributed by atoms with Gasteiger partial charge >= 0.3 is 0 Å². The molecular formula is C19H26N4. The lowest BCUT2D eigenvalue weighted by molar-refractivity contribution is 0.127. The Morgan fingerprint density at radius 1 is 0.870 bits per heavy atom. The van der Waals surface area contributed by atoms with Crippen LogP contribution in [-0.2, 0) is 13.1 Å². The summed E-state index contributed by atoms with van der Waals surface area (Å²) >= 11 is 0. The molecule has 0 saturated carbocycles. The average molecular weight is 310 g/mol. The first-order valence-corrected chi connectivity index (χ1v) is 8.49. The third-order valence-electron chi connectivity index (χ3n) is 4.35. The van der Waals surface area contributed by atoms with Crippen molar-refractivity contribution >= 4 is 0 Å². The third kappa shape index (κ3) is 5.43. The first-order chi connectivity index (χ1) is 11.4. The molecule has 122 valence electrons. The van der Waals surface area contributed by atoms with E-state index in [9.17, 15) is 0 Å². The summed E-state index contributed by atoms with van der Waals surface area (Å²) in [6, 6.07) is 16.8. The van der Waals surface area contributed by atoms with Crippen molar-refractivity contribution in [1.29, 1.82) is 0 Å². The molecule has 0 amide bonds. The molecule has 1 aliphatic heterocycles. The molecule has 4 heteroatoms. The fraction of sp³-hybridized carbons (Fsp3) is 0.421. The van der Waals surface area contributed by atoms with Gasteiger partial charge in [-0.1, -0.05) is 36.4 Å². The van der Waals surface area contributed by atoms with Crippen LogP contribution in [0, 0.1) is 0 Å². The minimum atomic E-state index is 0.856. The van der Waals surface area contributed by atoms with Crippen LogP contribution in [0.2, 0.25) is 0 Å². The Labute approximate surface area is 139 Å². The SMILES string of the molecule is c1ccc(CN2CCN(CCNCc3ccccn3)CC2)cc1. The molecule has 2 aromatic rings. The van der Waals surface area contributed by atoms with Crippen LogP contribution in [0.15, 0.2) is 54.7 Å². The molecule has 1 aromatic heterocycles. The zero-order chi connectivity index (χ0) is 15.7. The van der Waals surface area contributed by atoms with E-state index in [1.807, 2.05) is 18.3 Å². The van der Waals surface area contributed by atoms with E-state index in [0.717, 1.165) is 58.1 Å². The molecule has 0 spiro atoms. The summed E-state index contributed by atoms with van der Waals surface area (Å²) in [6.07, 6.45) is 1.85. The van der Waals surface area contributed by atoms with Crippen LogP contribution in [0.4, 0.5) is 0 Å². The van der Waals surface area contributed by atoms with E-state index in [-0.39, 0.29) is 0 Å². The summed E-state index contributed by atoms with van der Waals surface area (Å²) in [5, 5.41) is 3.48. The van der Waals surface area contributed by atoms with E-state index >= 15 is 0 Å². The van der Waals surface area contributed by atoms with Crippen molar-refractivity contribution in [3.05, 3.63) is 66.0 Å². The van der Waals surface area contributed by atoms with Crippen LogP contribution < -0.4 is 5.32 Å². The molecule has 0 unspecified atom stereocenters. The Hall–Kier alpha value is -1.75. The van der Waals surface area contributed by atoms with Crippen molar-refractivity contribution < 1.29 is 0 Å². The molecular weight excluding hydrogens is 284 g/mol. The highest BCUT2D eigenvalue weighted by molar-refractivity contribution is 5.14. The summed E-state index contributed by atoms with van der Waals surface area (Å²) in [7, 11) is 0. The van der Waals surface area contributed by atoms with Crippen LogP contribution in [-0.4, -0.2) is 54.1 Å². The van der Waals surface area contributed by atoms with Gasteiger partial charge in [0.2, 0.25) is 0 Å². The molecule has 3 rings (SSSR count). The average Bonchev–Trinajstić information content (AvgIpc) is 2.62. The first kappa shape index (κ1) is 16.1. The molecule has 0 radical (unpaired) electrons. The van der Waals surface area contributed by atoms with Crippen molar-refractivity contribution in [2.45, 2.75) is 13.1 Å². The summed E-state index contributed by atoms with van der Waals surface area (Å²) in [5.74, 6) is 0. The minimum Gasteiger partial charge on any atom is -0.310 e. The van der Waals surface area contributed by atoms with Crippen LogP contribution >= 0.6 is 0 Å². The van der Waals surface area contributed by atoms with Gasteiger partial charge < -0.3 is 5.32 Å². The Bertz CT molecular complexity index is 547. The number of piperazine rings is 1. The molecule has 1 N–H and O–H groups in total. The second-order valence-corrected chi connectivity index (χ2v) is 6.10. The fourth-order valence-corrected chi connectivity index (χ4v) is 2.97. The predicted octanol–water partition coefficient (Wildman–Crippen LogP) is 1.99. The van der Waals surface area contributed by atoms with Gasteiger partial charge in [-0.05, 0) is 17.7 Å². The second-order valence-electron chi connectivity index (χ2n) is 6.10. The summed E-state index contributed by atoms with van der Waals surface area (Å²) in [4.78, 5) is 9.43. The molecule has 1 fully saturated rings. The highest BCUT2D eigenvalue weighted by Gasteiger charge is 2.16. The molecule has 23 heavy (non-hydrogen) atoms. The van der Waals surface area contributed by atoms with Gasteiger partial charge in [-0.3, -0.25) is 14.8 Å². The van der Waals surface area contributed by atoms with E-state index in [1.54, 1.807) is 0 Å². The Balaban J connectivity index is 1.30. The zero-order valence-electron chi connectivity index (χ0n) is 13.7. The van der Waals surface area contributed by atoms with E-state index in [2.05, 4.69) is 56.5 Å². The minimum absolute atomic E-state index is 0.856. The summed E-state index contributed by atoms with van der Waals surface area (Å²) in [6.45, 7) is 8.73. The van der Waals surface area contributed by atoms with Crippen LogP contribution in [0.1, 0.15) is 11.3 Å². The van der Waals surface area contributed by atoms with Gasteiger partial charge in [-0.2, -0.15) is 0 Å². The number of rotatable bonds is 7. The number of nitrogens with one attached hydrogen (secondary N) is 1. The molecule has 4 nitrogen and oxygen atoms in total. The van der Waals surface area contributed by atoms with Gasteiger partial charge in [0, 0.05) is 58.6 Å². The third-order valence-corrected chi connectivity index (χ3v) is 4.35. The zero-order valence-corrected chi connectivity index (χ0v) is 13.7. The Kier molecular flexibility index (Phi) is 6.15. The topological polar surface area (TPSA) is 31.4 Å². The molecule has 1 saturated heterocycles. The Morgan fingerprint density at radius 3 is 2.35 bits per heavy atom. The molecule has 0 atom stereocenters. The van der Waals surface area contributed by atoms with E-state index < -0.39 is 0 Å². The van der Waals surface area contributed by atoms with Gasteiger partial charge in [-0.15, -0.1) is 0 Å². The normalized spacial score (nSPS) is 16.5. The highest BCUT2D eigenvalue weighted by atomic mass is 15.3. The maximum Gasteiger partial charge on any atom is 0.0541 e. The summed E-state index contributed by atoms with van der Waals surface area (Å²) < 4.78 is 0. The van der Waals surface area contributed by atoms with Crippen molar-refractivity contribution in [2.24, 2.45) is 0 Å². The predicted molar refractivity (Wildman–Crippen MR) is 94.1 cm³/mol. The lowest BCUT2D eigenvalue weighted by Crippen LogP contribution is -2.47. The van der Waals surface area contributed by atoms with Crippen LogP contribution in [0.5, 0.6) is 0 Å². The van der Waals surface area contributed by atoms with Gasteiger partial charge in [0.1, 0.15) is 0 Å². The first-order valence-electron chi connectivity index (χ1n) is 8.49. The lowest BCUT2D eigenvalue weighted by atomic mass is 10.2. The number of benzene rings is 1. The number of hydrogen-bond acceptors (Lipinski definition) is 4. The number of nitrogens with zero attached hydrogens (tertiary/aromatic N) is 3. The maximum absolute atomic E-state index is 4.33. The van der Waals surface area contributed by atoms with E-state index in [1.165, 1.54) is 5.56 Å². The summed E-state index contributed by atoms with van der Waals surface area (Å²) in [5.41, 5.74) is 2.53. The van der Waals surface area contributed by atoms with Crippen LogP contribution in [0.3, 0.4) is 0 Å². The number of aromatic nitrogens is 1. The molecule has 1 aromatic carbocycles. The van der Waals surface area contributed by atoms with Gasteiger partial charge in [0.15, 0.2) is 0 Å². The molecule has 1 aliphatic rings. The number of pyridine rings is 1. The molecule has 2 heterocycles. The van der Waals surface area contributed by atoms with Crippen molar-refractivity contribution in [3.63, 3.8) is 0 Å². The highest BCUT2D eigenvalue weighted by Crippen LogP contribution is 2.08. The second kappa shape index (κ2) is 8.77. The van der Waals surface area contributed by atoms with Gasteiger partial charge in [-0.25, -0.2) is 0 Å². The number of hydrogen-bond donors (Lipinski definition) is 1. The van der Waals surface area contributed by atoms with Gasteiger partial charge in [0.25, 0.3) is 0 Å². The fourth-order valence-electron chi connectivity index (χ4n) is 2.97. The van der Waals surface area contributed by atoms with Gasteiger partial charge in [0.05, 0.1) is 5.69 Å². The smallest absolute Gasteiger partial charge is 0.0541 e.